The normalized spacial score (nSPS) is 11.2. The van der Waals surface area contributed by atoms with Gasteiger partial charge in [0, 0.05) is 12.1 Å². The molecule has 0 aliphatic carbocycles. The molecule has 0 fully saturated rings. The fourth-order valence-corrected chi connectivity index (χ4v) is 2.72. The van der Waals surface area contributed by atoms with E-state index in [-0.39, 0.29) is 15.8 Å². The van der Waals surface area contributed by atoms with Crippen LogP contribution in [0.3, 0.4) is 0 Å². The summed E-state index contributed by atoms with van der Waals surface area (Å²) in [5, 5.41) is 2.89. The minimum Gasteiger partial charge on any atom is -0.362 e. The van der Waals surface area contributed by atoms with Crippen molar-refractivity contribution >= 4 is 33.1 Å². The van der Waals surface area contributed by atoms with Crippen LogP contribution in [0.15, 0.2) is 29.2 Å². The molecule has 1 aromatic rings. The topological polar surface area (TPSA) is 75.3 Å². The molecule has 7 heteroatoms. The van der Waals surface area contributed by atoms with Crippen molar-refractivity contribution in [3.63, 3.8) is 0 Å². The Morgan fingerprint density at radius 2 is 1.80 bits per heavy atom. The van der Waals surface area contributed by atoms with E-state index in [1.807, 2.05) is 13.8 Å². The number of Topliss-reactive ketones (excluding diaryl/α,β-unsaturated/α-hetero) is 1. The van der Waals surface area contributed by atoms with Crippen LogP contribution in [0.4, 0.5) is 0 Å². The standard InChI is InChI=1S/C13H18N2O3S2/c1-9(2)8-14-13(19)15-20(17,18)12-6-4-11(5-7-12)10(3)16/h4-7,9H,8H2,1-3H3,(H2,14,15,19). The van der Waals surface area contributed by atoms with E-state index in [1.165, 1.54) is 31.2 Å². The molecule has 0 atom stereocenters. The van der Waals surface area contributed by atoms with Crippen molar-refractivity contribution in [1.82, 2.24) is 10.0 Å². The molecular weight excluding hydrogens is 296 g/mol. The third kappa shape index (κ3) is 4.90. The lowest BCUT2D eigenvalue weighted by Gasteiger charge is -2.12. The number of carbonyl (C=O) groups is 1. The summed E-state index contributed by atoms with van der Waals surface area (Å²) in [7, 11) is -3.71. The molecule has 0 saturated carbocycles. The Kier molecular flexibility index (Phi) is 5.64. The Labute approximate surface area is 124 Å². The van der Waals surface area contributed by atoms with Gasteiger partial charge in [-0.1, -0.05) is 26.0 Å². The van der Waals surface area contributed by atoms with E-state index in [2.05, 4.69) is 10.0 Å². The van der Waals surface area contributed by atoms with Crippen LogP contribution >= 0.6 is 12.2 Å². The number of benzene rings is 1. The summed E-state index contributed by atoms with van der Waals surface area (Å²) in [6, 6.07) is 5.71. The summed E-state index contributed by atoms with van der Waals surface area (Å²) in [5.74, 6) is 0.239. The SMILES string of the molecule is CC(=O)c1ccc(S(=O)(=O)NC(=S)NCC(C)C)cc1. The number of carbonyl (C=O) groups excluding carboxylic acids is 1. The Bertz CT molecular complexity index is 593. The van der Waals surface area contributed by atoms with Crippen LogP contribution < -0.4 is 10.0 Å². The van der Waals surface area contributed by atoms with Crippen molar-refractivity contribution in [3.05, 3.63) is 29.8 Å². The summed E-state index contributed by atoms with van der Waals surface area (Å²) in [6.07, 6.45) is 0. The zero-order valence-electron chi connectivity index (χ0n) is 11.6. The highest BCUT2D eigenvalue weighted by atomic mass is 32.2. The van der Waals surface area contributed by atoms with Gasteiger partial charge in [0.05, 0.1) is 4.90 Å². The highest BCUT2D eigenvalue weighted by Crippen LogP contribution is 2.10. The average Bonchev–Trinajstić information content (AvgIpc) is 2.36. The molecule has 0 unspecified atom stereocenters. The second-order valence-corrected chi connectivity index (χ2v) is 6.88. The van der Waals surface area contributed by atoms with E-state index in [0.717, 1.165) is 0 Å². The summed E-state index contributed by atoms with van der Waals surface area (Å²) in [6.45, 7) is 5.99. The van der Waals surface area contributed by atoms with E-state index < -0.39 is 10.0 Å². The highest BCUT2D eigenvalue weighted by Gasteiger charge is 2.15. The van der Waals surface area contributed by atoms with Gasteiger partial charge in [-0.05, 0) is 37.2 Å². The van der Waals surface area contributed by atoms with Gasteiger partial charge in [-0.2, -0.15) is 0 Å². The first-order chi connectivity index (χ1) is 9.22. The lowest BCUT2D eigenvalue weighted by molar-refractivity contribution is 0.101. The number of ketones is 1. The summed E-state index contributed by atoms with van der Waals surface area (Å²) in [4.78, 5) is 11.2. The smallest absolute Gasteiger partial charge is 0.263 e. The van der Waals surface area contributed by atoms with Crippen molar-refractivity contribution in [1.29, 1.82) is 0 Å². The zero-order chi connectivity index (χ0) is 15.3. The fourth-order valence-electron chi connectivity index (χ4n) is 1.38. The van der Waals surface area contributed by atoms with Crippen LogP contribution in [0, 0.1) is 5.92 Å². The first-order valence-corrected chi connectivity index (χ1v) is 8.03. The fraction of sp³-hybridized carbons (Fsp3) is 0.385. The maximum absolute atomic E-state index is 12.0. The number of sulfonamides is 1. The molecule has 0 heterocycles. The quantitative estimate of drug-likeness (QED) is 0.639. The molecule has 0 spiro atoms. The molecule has 0 bridgehead atoms. The third-order valence-electron chi connectivity index (χ3n) is 2.47. The number of hydrogen-bond acceptors (Lipinski definition) is 4. The molecule has 2 N–H and O–H groups in total. The Morgan fingerprint density at radius 3 is 2.25 bits per heavy atom. The maximum Gasteiger partial charge on any atom is 0.263 e. The molecule has 1 aromatic carbocycles. The van der Waals surface area contributed by atoms with E-state index in [9.17, 15) is 13.2 Å². The number of rotatable bonds is 5. The summed E-state index contributed by atoms with van der Waals surface area (Å²) in [5.41, 5.74) is 0.462. The predicted molar refractivity (Wildman–Crippen MR) is 82.2 cm³/mol. The molecule has 5 nitrogen and oxygen atoms in total. The van der Waals surface area contributed by atoms with Gasteiger partial charge >= 0.3 is 0 Å². The van der Waals surface area contributed by atoms with Crippen molar-refractivity contribution in [2.75, 3.05) is 6.54 Å². The van der Waals surface area contributed by atoms with Crippen molar-refractivity contribution in [2.45, 2.75) is 25.7 Å². The van der Waals surface area contributed by atoms with Gasteiger partial charge in [-0.25, -0.2) is 8.42 Å². The van der Waals surface area contributed by atoms with E-state index >= 15 is 0 Å². The minimum atomic E-state index is -3.71. The van der Waals surface area contributed by atoms with Gasteiger partial charge in [0.15, 0.2) is 10.9 Å². The molecule has 0 aliphatic rings. The highest BCUT2D eigenvalue weighted by molar-refractivity contribution is 7.91. The monoisotopic (exact) mass is 314 g/mol. The van der Waals surface area contributed by atoms with E-state index in [4.69, 9.17) is 12.2 Å². The van der Waals surface area contributed by atoms with Gasteiger partial charge in [0.25, 0.3) is 10.0 Å². The molecule has 110 valence electrons. The molecule has 0 aromatic heterocycles. The van der Waals surface area contributed by atoms with Crippen LogP contribution in [0.1, 0.15) is 31.1 Å². The molecule has 20 heavy (non-hydrogen) atoms. The van der Waals surface area contributed by atoms with E-state index in [1.54, 1.807) is 0 Å². The molecule has 0 aliphatic heterocycles. The van der Waals surface area contributed by atoms with Crippen LogP contribution in [0.25, 0.3) is 0 Å². The third-order valence-corrected chi connectivity index (χ3v) is 4.21. The number of thiocarbonyl (C=S) groups is 1. The van der Waals surface area contributed by atoms with Crippen LogP contribution in [0.5, 0.6) is 0 Å². The molecule has 0 amide bonds. The van der Waals surface area contributed by atoms with Crippen molar-refractivity contribution in [2.24, 2.45) is 5.92 Å². The van der Waals surface area contributed by atoms with Crippen molar-refractivity contribution < 1.29 is 13.2 Å². The second kappa shape index (κ2) is 6.81. The predicted octanol–water partition coefficient (Wildman–Crippen LogP) is 1.70. The Balaban J connectivity index is 2.78. The first-order valence-electron chi connectivity index (χ1n) is 6.14. The molecule has 1 rings (SSSR count). The van der Waals surface area contributed by atoms with Gasteiger partial charge in [-0.15, -0.1) is 0 Å². The first kappa shape index (κ1) is 16.6. The number of hydrogen-bond donors (Lipinski definition) is 2. The zero-order valence-corrected chi connectivity index (χ0v) is 13.3. The largest absolute Gasteiger partial charge is 0.362 e. The summed E-state index contributed by atoms with van der Waals surface area (Å²) < 4.78 is 26.4. The second-order valence-electron chi connectivity index (χ2n) is 4.79. The molecule has 0 saturated heterocycles. The average molecular weight is 314 g/mol. The van der Waals surface area contributed by atoms with Crippen LogP contribution in [-0.4, -0.2) is 25.9 Å². The van der Waals surface area contributed by atoms with Gasteiger partial charge in [0.1, 0.15) is 0 Å². The molecule has 0 radical (unpaired) electrons. The Hall–Kier alpha value is -1.47. The van der Waals surface area contributed by atoms with Gasteiger partial charge < -0.3 is 5.32 Å². The van der Waals surface area contributed by atoms with Gasteiger partial charge in [0.2, 0.25) is 0 Å². The van der Waals surface area contributed by atoms with Crippen LogP contribution in [-0.2, 0) is 10.0 Å². The number of nitrogens with one attached hydrogen (secondary N) is 2. The summed E-state index contributed by atoms with van der Waals surface area (Å²) >= 11 is 4.93. The lowest BCUT2D eigenvalue weighted by Crippen LogP contribution is -2.40. The van der Waals surface area contributed by atoms with Crippen LogP contribution in [0.2, 0.25) is 0 Å². The minimum absolute atomic E-state index is 0.0642. The van der Waals surface area contributed by atoms with Crippen molar-refractivity contribution in [3.8, 4) is 0 Å². The lowest BCUT2D eigenvalue weighted by atomic mass is 10.2. The van der Waals surface area contributed by atoms with E-state index in [0.29, 0.717) is 18.0 Å². The van der Waals surface area contributed by atoms with Gasteiger partial charge in [-0.3, -0.25) is 9.52 Å². The maximum atomic E-state index is 12.0. The Morgan fingerprint density at radius 1 is 1.25 bits per heavy atom. The molecular formula is C13H18N2O3S2.